The zero-order valence-corrected chi connectivity index (χ0v) is 10.3. The summed E-state index contributed by atoms with van der Waals surface area (Å²) < 4.78 is 0. The van der Waals surface area contributed by atoms with Crippen molar-refractivity contribution in [1.29, 1.82) is 0 Å². The molecule has 0 bridgehead atoms. The Bertz CT molecular complexity index is 437. The number of carbonyl (C=O) groups is 1. The molecule has 3 nitrogen and oxygen atoms in total. The molecule has 0 aliphatic carbocycles. The molecule has 1 aliphatic heterocycles. The second kappa shape index (κ2) is 4.34. The molecule has 3 heteroatoms. The van der Waals surface area contributed by atoms with E-state index in [1.807, 2.05) is 56.3 Å². The number of para-hydroxylation sites is 1. The number of hydrogen-bond acceptors (Lipinski definition) is 2. The van der Waals surface area contributed by atoms with Gasteiger partial charge in [-0.1, -0.05) is 44.2 Å². The summed E-state index contributed by atoms with van der Waals surface area (Å²) in [6, 6.07) is 9.14. The Balaban J connectivity index is 2.33. The van der Waals surface area contributed by atoms with Gasteiger partial charge in [-0.2, -0.15) is 0 Å². The molecular formula is C14H18N2O. The summed E-state index contributed by atoms with van der Waals surface area (Å²) in [5.74, 6) is -0.0220. The summed E-state index contributed by atoms with van der Waals surface area (Å²) >= 11 is 0. The minimum atomic E-state index is -0.499. The number of rotatable bonds is 1. The van der Waals surface area contributed by atoms with Crippen LogP contribution in [0, 0.1) is 5.41 Å². The van der Waals surface area contributed by atoms with E-state index in [-0.39, 0.29) is 11.3 Å². The summed E-state index contributed by atoms with van der Waals surface area (Å²) in [4.78, 5) is 14.1. The van der Waals surface area contributed by atoms with E-state index in [1.165, 1.54) is 0 Å². The van der Waals surface area contributed by atoms with Gasteiger partial charge in [0.25, 0.3) is 0 Å². The van der Waals surface area contributed by atoms with E-state index in [9.17, 15) is 4.79 Å². The summed E-state index contributed by atoms with van der Waals surface area (Å²) in [5, 5.41) is 0. The molecule has 0 aromatic heterocycles. The van der Waals surface area contributed by atoms with Crippen LogP contribution in [0.4, 0.5) is 5.69 Å². The van der Waals surface area contributed by atoms with Crippen molar-refractivity contribution < 1.29 is 4.79 Å². The van der Waals surface area contributed by atoms with Gasteiger partial charge in [-0.05, 0) is 12.1 Å². The lowest BCUT2D eigenvalue weighted by Crippen LogP contribution is -2.49. The van der Waals surface area contributed by atoms with E-state index in [2.05, 4.69) is 0 Å². The predicted octanol–water partition coefficient (Wildman–Crippen LogP) is 1.94. The fraction of sp³-hybridized carbons (Fsp3) is 0.357. The van der Waals surface area contributed by atoms with Crippen LogP contribution in [0.1, 0.15) is 13.8 Å². The summed E-state index contributed by atoms with van der Waals surface area (Å²) in [6.07, 6.45) is 4.04. The Hall–Kier alpha value is -1.61. The highest BCUT2D eigenvalue weighted by Crippen LogP contribution is 2.27. The molecule has 1 aromatic carbocycles. The molecule has 1 aliphatic rings. The lowest BCUT2D eigenvalue weighted by atomic mass is 9.84. The zero-order chi connectivity index (χ0) is 12.5. The quantitative estimate of drug-likeness (QED) is 0.749. The second-order valence-electron chi connectivity index (χ2n) is 4.99. The van der Waals surface area contributed by atoms with Gasteiger partial charge in [0.2, 0.25) is 5.91 Å². The van der Waals surface area contributed by atoms with Gasteiger partial charge in [-0.25, -0.2) is 0 Å². The van der Waals surface area contributed by atoms with E-state index in [1.54, 1.807) is 4.90 Å². The number of nitrogens with zero attached hydrogens (tertiary/aromatic N) is 1. The number of benzene rings is 1. The predicted molar refractivity (Wildman–Crippen MR) is 69.7 cm³/mol. The van der Waals surface area contributed by atoms with Crippen molar-refractivity contribution >= 4 is 11.6 Å². The zero-order valence-electron chi connectivity index (χ0n) is 10.3. The molecular weight excluding hydrogens is 212 g/mol. The van der Waals surface area contributed by atoms with E-state index in [0.717, 1.165) is 5.69 Å². The maximum atomic E-state index is 12.3. The first-order valence-corrected chi connectivity index (χ1v) is 5.82. The van der Waals surface area contributed by atoms with Gasteiger partial charge in [-0.15, -0.1) is 0 Å². The Morgan fingerprint density at radius 3 is 2.59 bits per heavy atom. The molecule has 1 atom stereocenters. The van der Waals surface area contributed by atoms with Crippen molar-refractivity contribution in [3.05, 3.63) is 42.5 Å². The molecule has 2 rings (SSSR count). The Kier molecular flexibility index (Phi) is 3.03. The SMILES string of the molecule is CC1(C)C=CCN(c2ccccc2)C(=O)C1N. The maximum absolute atomic E-state index is 12.3. The standard InChI is InChI=1S/C14H18N2O/c1-14(2)9-6-10-16(13(17)12(14)15)11-7-4-3-5-8-11/h3-9,12H,10,15H2,1-2H3. The van der Waals surface area contributed by atoms with E-state index in [4.69, 9.17) is 5.73 Å². The minimum absolute atomic E-state index is 0.0220. The van der Waals surface area contributed by atoms with Crippen molar-refractivity contribution in [3.8, 4) is 0 Å². The first kappa shape index (κ1) is 11.9. The monoisotopic (exact) mass is 230 g/mol. The molecule has 2 N–H and O–H groups in total. The first-order chi connectivity index (χ1) is 8.02. The highest BCUT2D eigenvalue weighted by molar-refractivity contribution is 5.98. The fourth-order valence-electron chi connectivity index (χ4n) is 1.98. The molecule has 0 radical (unpaired) electrons. The van der Waals surface area contributed by atoms with Crippen LogP contribution in [0.25, 0.3) is 0 Å². The molecule has 0 fully saturated rings. The van der Waals surface area contributed by atoms with Crippen molar-refractivity contribution in [2.45, 2.75) is 19.9 Å². The lowest BCUT2D eigenvalue weighted by molar-refractivity contribution is -0.121. The van der Waals surface area contributed by atoms with Crippen molar-refractivity contribution in [3.63, 3.8) is 0 Å². The van der Waals surface area contributed by atoms with Gasteiger partial charge in [0.15, 0.2) is 0 Å². The van der Waals surface area contributed by atoms with Gasteiger partial charge in [0.1, 0.15) is 0 Å². The van der Waals surface area contributed by atoms with Gasteiger partial charge in [0.05, 0.1) is 6.04 Å². The third-order valence-corrected chi connectivity index (χ3v) is 3.24. The van der Waals surface area contributed by atoms with Crippen molar-refractivity contribution in [2.24, 2.45) is 11.1 Å². The van der Waals surface area contributed by atoms with E-state index in [0.29, 0.717) is 6.54 Å². The number of anilines is 1. The summed E-state index contributed by atoms with van der Waals surface area (Å²) in [6.45, 7) is 4.56. The van der Waals surface area contributed by atoms with Crippen LogP contribution in [-0.4, -0.2) is 18.5 Å². The topological polar surface area (TPSA) is 46.3 Å². The van der Waals surface area contributed by atoms with Gasteiger partial charge >= 0.3 is 0 Å². The Labute approximate surface area is 102 Å². The van der Waals surface area contributed by atoms with Crippen LogP contribution < -0.4 is 10.6 Å². The molecule has 1 aromatic rings. The molecule has 0 saturated carbocycles. The van der Waals surface area contributed by atoms with Crippen LogP contribution in [0.15, 0.2) is 42.5 Å². The maximum Gasteiger partial charge on any atom is 0.245 e. The fourth-order valence-corrected chi connectivity index (χ4v) is 1.98. The normalized spacial score (nSPS) is 23.6. The highest BCUT2D eigenvalue weighted by atomic mass is 16.2. The summed E-state index contributed by atoms with van der Waals surface area (Å²) in [5.41, 5.74) is 6.65. The third kappa shape index (κ3) is 2.24. The summed E-state index contributed by atoms with van der Waals surface area (Å²) in [7, 11) is 0. The number of nitrogens with two attached hydrogens (primary N) is 1. The molecule has 1 heterocycles. The first-order valence-electron chi connectivity index (χ1n) is 5.82. The van der Waals surface area contributed by atoms with Crippen molar-refractivity contribution in [1.82, 2.24) is 0 Å². The van der Waals surface area contributed by atoms with E-state index >= 15 is 0 Å². The highest BCUT2D eigenvalue weighted by Gasteiger charge is 2.35. The number of amides is 1. The third-order valence-electron chi connectivity index (χ3n) is 3.24. The molecule has 90 valence electrons. The van der Waals surface area contributed by atoms with Crippen LogP contribution in [0.5, 0.6) is 0 Å². The molecule has 0 saturated heterocycles. The van der Waals surface area contributed by atoms with Crippen LogP contribution in [0.2, 0.25) is 0 Å². The molecule has 0 spiro atoms. The average molecular weight is 230 g/mol. The molecule has 17 heavy (non-hydrogen) atoms. The van der Waals surface area contributed by atoms with Crippen LogP contribution in [-0.2, 0) is 4.79 Å². The van der Waals surface area contributed by atoms with Gasteiger partial charge in [-0.3, -0.25) is 4.79 Å². The number of carbonyl (C=O) groups excluding carboxylic acids is 1. The average Bonchev–Trinajstić information content (AvgIpc) is 2.42. The van der Waals surface area contributed by atoms with Crippen molar-refractivity contribution in [2.75, 3.05) is 11.4 Å². The van der Waals surface area contributed by atoms with Gasteiger partial charge in [0, 0.05) is 17.6 Å². The number of hydrogen-bond donors (Lipinski definition) is 1. The van der Waals surface area contributed by atoms with Crippen LogP contribution in [0.3, 0.4) is 0 Å². The molecule has 1 unspecified atom stereocenters. The Morgan fingerprint density at radius 2 is 1.94 bits per heavy atom. The Morgan fingerprint density at radius 1 is 1.29 bits per heavy atom. The second-order valence-corrected chi connectivity index (χ2v) is 4.99. The minimum Gasteiger partial charge on any atom is -0.319 e. The smallest absolute Gasteiger partial charge is 0.245 e. The van der Waals surface area contributed by atoms with Gasteiger partial charge < -0.3 is 10.6 Å². The largest absolute Gasteiger partial charge is 0.319 e. The molecule has 1 amide bonds. The van der Waals surface area contributed by atoms with Crippen LogP contribution >= 0.6 is 0 Å². The van der Waals surface area contributed by atoms with E-state index < -0.39 is 6.04 Å². The lowest BCUT2D eigenvalue weighted by Gasteiger charge is -2.29.